The van der Waals surface area contributed by atoms with Crippen LogP contribution in [-0.2, 0) is 6.42 Å². The van der Waals surface area contributed by atoms with Crippen LogP contribution >= 0.6 is 0 Å². The lowest BCUT2D eigenvalue weighted by Gasteiger charge is -2.29. The maximum Gasteiger partial charge on any atom is 0.254 e. The van der Waals surface area contributed by atoms with Crippen LogP contribution in [0, 0.1) is 19.7 Å². The fourth-order valence-corrected chi connectivity index (χ4v) is 3.90. The van der Waals surface area contributed by atoms with Crippen molar-refractivity contribution in [3.8, 4) is 0 Å². The van der Waals surface area contributed by atoms with E-state index in [1.165, 1.54) is 17.7 Å². The van der Waals surface area contributed by atoms with Gasteiger partial charge in [-0.25, -0.2) is 4.39 Å². The average molecular weight is 339 g/mol. The van der Waals surface area contributed by atoms with Crippen LogP contribution in [0.5, 0.6) is 0 Å². The van der Waals surface area contributed by atoms with E-state index in [1.54, 1.807) is 0 Å². The van der Waals surface area contributed by atoms with Gasteiger partial charge in [-0.2, -0.15) is 0 Å². The Morgan fingerprint density at radius 3 is 2.52 bits per heavy atom. The molecule has 132 valence electrons. The van der Waals surface area contributed by atoms with Gasteiger partial charge < -0.3 is 4.90 Å². The average Bonchev–Trinajstić information content (AvgIpc) is 2.94. The molecule has 0 bridgehead atoms. The van der Waals surface area contributed by atoms with Gasteiger partial charge in [0.1, 0.15) is 5.82 Å². The Morgan fingerprint density at radius 2 is 1.84 bits per heavy atom. The molecule has 0 spiro atoms. The number of aryl methyl sites for hydroxylation is 3. The molecule has 0 saturated carbocycles. The fraction of sp³-hybridized carbons (Fsp3) is 0.409. The van der Waals surface area contributed by atoms with E-state index in [0.717, 1.165) is 42.4 Å². The summed E-state index contributed by atoms with van der Waals surface area (Å²) in [6.07, 6.45) is 3.88. The van der Waals surface area contributed by atoms with Gasteiger partial charge in [0.05, 0.1) is 0 Å². The number of rotatable bonds is 4. The number of carbonyl (C=O) groups is 1. The van der Waals surface area contributed by atoms with Crippen molar-refractivity contribution in [1.29, 1.82) is 0 Å². The van der Waals surface area contributed by atoms with Crippen molar-refractivity contribution < 1.29 is 9.18 Å². The first-order chi connectivity index (χ1) is 12.0. The van der Waals surface area contributed by atoms with Gasteiger partial charge in [0.15, 0.2) is 0 Å². The number of likely N-dealkylation sites (tertiary alicyclic amines) is 1. The van der Waals surface area contributed by atoms with Gasteiger partial charge in [0.25, 0.3) is 5.91 Å². The first kappa shape index (κ1) is 17.7. The third kappa shape index (κ3) is 3.92. The smallest absolute Gasteiger partial charge is 0.254 e. The van der Waals surface area contributed by atoms with E-state index in [2.05, 4.69) is 17.9 Å². The molecule has 2 aromatic rings. The van der Waals surface area contributed by atoms with Crippen LogP contribution in [0.4, 0.5) is 4.39 Å². The molecule has 1 fully saturated rings. The molecule has 1 amide bonds. The van der Waals surface area contributed by atoms with Crippen molar-refractivity contribution >= 4 is 5.91 Å². The zero-order chi connectivity index (χ0) is 18.0. The SMILES string of the molecule is Cc1ccc(C(=O)N2[C@@H](CCc3ccc(F)cc3)CC[C@H]2C)c(C)c1. The van der Waals surface area contributed by atoms with Crippen molar-refractivity contribution in [2.45, 2.75) is 58.5 Å². The lowest BCUT2D eigenvalue weighted by Crippen LogP contribution is -2.40. The molecule has 3 rings (SSSR count). The van der Waals surface area contributed by atoms with E-state index in [4.69, 9.17) is 0 Å². The Morgan fingerprint density at radius 1 is 1.12 bits per heavy atom. The monoisotopic (exact) mass is 339 g/mol. The minimum absolute atomic E-state index is 0.145. The Bertz CT molecular complexity index is 753. The highest BCUT2D eigenvalue weighted by molar-refractivity contribution is 5.96. The summed E-state index contributed by atoms with van der Waals surface area (Å²) in [5.41, 5.74) is 4.16. The minimum atomic E-state index is -0.204. The molecular formula is C22H26FNO. The Balaban J connectivity index is 1.73. The minimum Gasteiger partial charge on any atom is -0.333 e. The number of benzene rings is 2. The standard InChI is InChI=1S/C22H26FNO/c1-15-4-13-21(16(2)14-15)22(25)24-17(3)5-11-20(24)12-8-18-6-9-19(23)10-7-18/h4,6-7,9-10,13-14,17,20H,5,8,11-12H2,1-3H3/t17-,20-/m1/s1. The predicted octanol–water partition coefficient (Wildman–Crippen LogP) is 5.07. The van der Waals surface area contributed by atoms with Gasteiger partial charge in [-0.15, -0.1) is 0 Å². The summed E-state index contributed by atoms with van der Waals surface area (Å²) < 4.78 is 13.0. The van der Waals surface area contributed by atoms with Crippen LogP contribution in [0.25, 0.3) is 0 Å². The van der Waals surface area contributed by atoms with Gasteiger partial charge in [-0.3, -0.25) is 4.79 Å². The zero-order valence-corrected chi connectivity index (χ0v) is 15.3. The summed E-state index contributed by atoms with van der Waals surface area (Å²) in [6, 6.07) is 13.2. The van der Waals surface area contributed by atoms with E-state index in [9.17, 15) is 9.18 Å². The number of nitrogens with zero attached hydrogens (tertiary/aromatic N) is 1. The number of carbonyl (C=O) groups excluding carboxylic acids is 1. The first-order valence-corrected chi connectivity index (χ1v) is 9.10. The summed E-state index contributed by atoms with van der Waals surface area (Å²) in [4.78, 5) is 15.2. The third-order valence-electron chi connectivity index (χ3n) is 5.31. The van der Waals surface area contributed by atoms with Gasteiger partial charge in [0, 0.05) is 17.6 Å². The van der Waals surface area contributed by atoms with Crippen LogP contribution < -0.4 is 0 Å². The van der Waals surface area contributed by atoms with E-state index < -0.39 is 0 Å². The Kier molecular flexibility index (Phi) is 5.22. The summed E-state index contributed by atoms with van der Waals surface area (Å²) >= 11 is 0. The lowest BCUT2D eigenvalue weighted by molar-refractivity contribution is 0.0672. The topological polar surface area (TPSA) is 20.3 Å². The molecular weight excluding hydrogens is 313 g/mol. The molecule has 1 saturated heterocycles. The summed E-state index contributed by atoms with van der Waals surface area (Å²) in [7, 11) is 0. The highest BCUT2D eigenvalue weighted by Crippen LogP contribution is 2.30. The molecule has 0 unspecified atom stereocenters. The number of hydrogen-bond donors (Lipinski definition) is 0. The predicted molar refractivity (Wildman–Crippen MR) is 99.3 cm³/mol. The molecule has 0 radical (unpaired) electrons. The quantitative estimate of drug-likeness (QED) is 0.762. The van der Waals surface area contributed by atoms with Crippen molar-refractivity contribution in [2.75, 3.05) is 0 Å². The highest BCUT2D eigenvalue weighted by atomic mass is 19.1. The van der Waals surface area contributed by atoms with Crippen molar-refractivity contribution in [2.24, 2.45) is 0 Å². The van der Waals surface area contributed by atoms with Crippen molar-refractivity contribution in [3.05, 3.63) is 70.5 Å². The second-order valence-electron chi connectivity index (χ2n) is 7.28. The lowest BCUT2D eigenvalue weighted by atomic mass is 10.0. The maximum absolute atomic E-state index is 13.1. The summed E-state index contributed by atoms with van der Waals surface area (Å²) in [5, 5.41) is 0. The second kappa shape index (κ2) is 7.38. The number of amides is 1. The molecule has 1 heterocycles. The molecule has 1 aliphatic heterocycles. The Labute approximate surface area is 149 Å². The van der Waals surface area contributed by atoms with E-state index in [0.29, 0.717) is 0 Å². The first-order valence-electron chi connectivity index (χ1n) is 9.10. The number of halogens is 1. The van der Waals surface area contributed by atoms with Crippen LogP contribution in [0.2, 0.25) is 0 Å². The van der Waals surface area contributed by atoms with Gasteiger partial charge in [-0.1, -0.05) is 29.8 Å². The normalized spacial score (nSPS) is 20.1. The van der Waals surface area contributed by atoms with Crippen molar-refractivity contribution in [1.82, 2.24) is 4.90 Å². The van der Waals surface area contributed by atoms with E-state index in [1.807, 2.05) is 38.1 Å². The molecule has 0 aromatic heterocycles. The summed E-state index contributed by atoms with van der Waals surface area (Å²) in [6.45, 7) is 6.19. The van der Waals surface area contributed by atoms with Crippen LogP contribution in [-0.4, -0.2) is 22.9 Å². The molecule has 0 N–H and O–H groups in total. The molecule has 0 aliphatic carbocycles. The van der Waals surface area contributed by atoms with Gasteiger partial charge >= 0.3 is 0 Å². The molecule has 2 nitrogen and oxygen atoms in total. The van der Waals surface area contributed by atoms with E-state index in [-0.39, 0.29) is 23.8 Å². The molecule has 2 atom stereocenters. The fourth-order valence-electron chi connectivity index (χ4n) is 3.90. The molecule has 2 aromatic carbocycles. The largest absolute Gasteiger partial charge is 0.333 e. The third-order valence-corrected chi connectivity index (χ3v) is 5.31. The van der Waals surface area contributed by atoms with E-state index >= 15 is 0 Å². The molecule has 25 heavy (non-hydrogen) atoms. The molecule has 1 aliphatic rings. The highest BCUT2D eigenvalue weighted by Gasteiger charge is 2.34. The zero-order valence-electron chi connectivity index (χ0n) is 15.3. The van der Waals surface area contributed by atoms with Crippen LogP contribution in [0.3, 0.4) is 0 Å². The van der Waals surface area contributed by atoms with Crippen LogP contribution in [0.15, 0.2) is 42.5 Å². The summed E-state index contributed by atoms with van der Waals surface area (Å²) in [5.74, 6) is -0.0588. The maximum atomic E-state index is 13.1. The van der Waals surface area contributed by atoms with Gasteiger partial charge in [0.2, 0.25) is 0 Å². The molecule has 3 heteroatoms. The van der Waals surface area contributed by atoms with Crippen molar-refractivity contribution in [3.63, 3.8) is 0 Å². The second-order valence-corrected chi connectivity index (χ2v) is 7.28. The van der Waals surface area contributed by atoms with Gasteiger partial charge in [-0.05, 0) is 75.8 Å². The number of hydrogen-bond acceptors (Lipinski definition) is 1. The Hall–Kier alpha value is -2.16. The van der Waals surface area contributed by atoms with Crippen LogP contribution in [0.1, 0.15) is 53.2 Å².